The second kappa shape index (κ2) is 7.35. The first-order valence-corrected chi connectivity index (χ1v) is 9.90. The minimum absolute atomic E-state index is 0.147. The van der Waals surface area contributed by atoms with Crippen LogP contribution in [0.2, 0.25) is 5.02 Å². The molecule has 136 valence electrons. The van der Waals surface area contributed by atoms with Gasteiger partial charge in [-0.1, -0.05) is 23.7 Å². The first-order chi connectivity index (χ1) is 12.4. The topological polar surface area (TPSA) is 86.1 Å². The van der Waals surface area contributed by atoms with Gasteiger partial charge < -0.3 is 10.1 Å². The Balaban J connectivity index is 1.90. The Morgan fingerprint density at radius 1 is 1.12 bits per heavy atom. The highest BCUT2D eigenvalue weighted by atomic mass is 35.5. The van der Waals surface area contributed by atoms with Gasteiger partial charge in [-0.05, 0) is 42.0 Å². The summed E-state index contributed by atoms with van der Waals surface area (Å²) >= 11 is 5.87. The van der Waals surface area contributed by atoms with Crippen LogP contribution in [0.5, 0.6) is 5.75 Å². The number of hydrogen-bond acceptors (Lipinski definition) is 6. The van der Waals surface area contributed by atoms with E-state index in [1.807, 2.05) is 12.1 Å². The molecule has 26 heavy (non-hydrogen) atoms. The number of anilines is 1. The normalized spacial score (nSPS) is 11.3. The standard InChI is InChI=1S/C17H17ClN4O3S/c1-25-15-9-5-13(6-10-15)16-20-17(22(21-16)26(2,23)24)19-11-12-3-7-14(18)8-4-12/h3-10H,11H2,1-2H3,(H,19,20,21). The van der Waals surface area contributed by atoms with E-state index in [9.17, 15) is 8.42 Å². The van der Waals surface area contributed by atoms with Crippen LogP contribution < -0.4 is 10.1 Å². The molecule has 7 nitrogen and oxygen atoms in total. The van der Waals surface area contributed by atoms with Crippen molar-refractivity contribution in [3.63, 3.8) is 0 Å². The maximum atomic E-state index is 12.0. The number of halogens is 1. The minimum atomic E-state index is -3.61. The van der Waals surface area contributed by atoms with Crippen LogP contribution in [-0.2, 0) is 16.6 Å². The summed E-state index contributed by atoms with van der Waals surface area (Å²) < 4.78 is 30.1. The van der Waals surface area contributed by atoms with Crippen molar-refractivity contribution in [1.29, 1.82) is 0 Å². The van der Waals surface area contributed by atoms with E-state index in [1.165, 1.54) is 0 Å². The molecule has 0 aliphatic heterocycles. The highest BCUT2D eigenvalue weighted by molar-refractivity contribution is 7.89. The van der Waals surface area contributed by atoms with Crippen molar-refractivity contribution < 1.29 is 13.2 Å². The molecule has 0 unspecified atom stereocenters. The maximum Gasteiger partial charge on any atom is 0.254 e. The van der Waals surface area contributed by atoms with Crippen molar-refractivity contribution >= 4 is 27.6 Å². The Morgan fingerprint density at radius 2 is 1.77 bits per heavy atom. The summed E-state index contributed by atoms with van der Waals surface area (Å²) in [6.45, 7) is 0.382. The van der Waals surface area contributed by atoms with Crippen molar-refractivity contribution in [2.45, 2.75) is 6.54 Å². The largest absolute Gasteiger partial charge is 0.497 e. The maximum absolute atomic E-state index is 12.0. The van der Waals surface area contributed by atoms with Crippen LogP contribution in [0.1, 0.15) is 5.56 Å². The van der Waals surface area contributed by atoms with E-state index in [0.717, 1.165) is 15.9 Å². The predicted octanol–water partition coefficient (Wildman–Crippen LogP) is 3.03. The molecule has 0 saturated carbocycles. The van der Waals surface area contributed by atoms with Gasteiger partial charge in [0.05, 0.1) is 13.4 Å². The van der Waals surface area contributed by atoms with Crippen molar-refractivity contribution in [1.82, 2.24) is 14.2 Å². The summed E-state index contributed by atoms with van der Waals surface area (Å²) in [5, 5.41) is 7.77. The molecular formula is C17H17ClN4O3S. The molecule has 9 heteroatoms. The summed E-state index contributed by atoms with van der Waals surface area (Å²) in [5.41, 5.74) is 1.62. The Morgan fingerprint density at radius 3 is 2.35 bits per heavy atom. The van der Waals surface area contributed by atoms with Crippen molar-refractivity contribution in [2.24, 2.45) is 0 Å². The van der Waals surface area contributed by atoms with Crippen molar-refractivity contribution in [2.75, 3.05) is 18.7 Å². The monoisotopic (exact) mass is 392 g/mol. The van der Waals surface area contributed by atoms with E-state index in [-0.39, 0.29) is 5.95 Å². The van der Waals surface area contributed by atoms with E-state index in [1.54, 1.807) is 43.5 Å². The molecule has 0 aliphatic carbocycles. The lowest BCUT2D eigenvalue weighted by Crippen LogP contribution is -2.16. The molecule has 3 rings (SSSR count). The van der Waals surface area contributed by atoms with Crippen LogP contribution >= 0.6 is 11.6 Å². The van der Waals surface area contributed by atoms with Gasteiger partial charge in [-0.3, -0.25) is 0 Å². The first kappa shape index (κ1) is 18.2. The predicted molar refractivity (Wildman–Crippen MR) is 101 cm³/mol. The molecule has 0 radical (unpaired) electrons. The SMILES string of the molecule is COc1ccc(-c2nc(NCc3ccc(Cl)cc3)n(S(C)(=O)=O)n2)cc1. The molecule has 3 aromatic rings. The van der Waals surface area contributed by atoms with Gasteiger partial charge in [-0.25, -0.2) is 8.42 Å². The Kier molecular flexibility index (Phi) is 5.15. The molecule has 0 fully saturated rings. The van der Waals surface area contributed by atoms with Crippen LogP contribution in [0, 0.1) is 0 Å². The van der Waals surface area contributed by atoms with E-state index >= 15 is 0 Å². The highest BCUT2D eigenvalue weighted by Crippen LogP contribution is 2.22. The number of nitrogens with one attached hydrogen (secondary N) is 1. The van der Waals surface area contributed by atoms with E-state index < -0.39 is 10.0 Å². The zero-order valence-electron chi connectivity index (χ0n) is 14.2. The number of nitrogens with zero attached hydrogens (tertiary/aromatic N) is 3. The summed E-state index contributed by atoms with van der Waals surface area (Å²) in [5.74, 6) is 1.14. The van der Waals surface area contributed by atoms with Gasteiger partial charge in [0, 0.05) is 17.1 Å². The summed E-state index contributed by atoms with van der Waals surface area (Å²) in [6.07, 6.45) is 1.08. The van der Waals surface area contributed by atoms with E-state index in [4.69, 9.17) is 16.3 Å². The zero-order valence-corrected chi connectivity index (χ0v) is 15.8. The fourth-order valence-corrected chi connectivity index (χ4v) is 3.05. The average molecular weight is 393 g/mol. The molecule has 1 N–H and O–H groups in total. The zero-order chi connectivity index (χ0) is 18.7. The van der Waals surface area contributed by atoms with Crippen LogP contribution in [-0.4, -0.2) is 36.0 Å². The lowest BCUT2D eigenvalue weighted by atomic mass is 10.2. The Bertz CT molecular complexity index is 999. The van der Waals surface area contributed by atoms with Crippen molar-refractivity contribution in [3.8, 4) is 17.1 Å². The molecule has 0 spiro atoms. The number of hydrogen-bond donors (Lipinski definition) is 1. The molecule has 1 heterocycles. The number of benzene rings is 2. The first-order valence-electron chi connectivity index (χ1n) is 7.67. The van der Waals surface area contributed by atoms with Gasteiger partial charge in [0.15, 0.2) is 5.82 Å². The quantitative estimate of drug-likeness (QED) is 0.693. The van der Waals surface area contributed by atoms with Gasteiger partial charge in [0.2, 0.25) is 5.95 Å². The summed E-state index contributed by atoms with van der Waals surface area (Å²) in [4.78, 5) is 4.33. The van der Waals surface area contributed by atoms with Crippen LogP contribution in [0.25, 0.3) is 11.4 Å². The third kappa shape index (κ3) is 4.14. The van der Waals surface area contributed by atoms with Gasteiger partial charge >= 0.3 is 0 Å². The Hall–Kier alpha value is -2.58. The van der Waals surface area contributed by atoms with Gasteiger partial charge in [0.1, 0.15) is 5.75 Å². The highest BCUT2D eigenvalue weighted by Gasteiger charge is 2.18. The molecule has 1 aromatic heterocycles. The lowest BCUT2D eigenvalue weighted by molar-refractivity contribution is 0.415. The van der Waals surface area contributed by atoms with Gasteiger partial charge in [0.25, 0.3) is 10.0 Å². The fourth-order valence-electron chi connectivity index (χ4n) is 2.28. The lowest BCUT2D eigenvalue weighted by Gasteiger charge is -2.06. The number of rotatable bonds is 6. The third-order valence-corrected chi connectivity index (χ3v) is 4.74. The molecule has 0 saturated heterocycles. The summed E-state index contributed by atoms with van der Waals surface area (Å²) in [6, 6.07) is 14.3. The third-order valence-electron chi connectivity index (χ3n) is 3.60. The van der Waals surface area contributed by atoms with Gasteiger partial charge in [-0.15, -0.1) is 9.19 Å². The molecule has 0 aliphatic rings. The molecule has 0 atom stereocenters. The number of ether oxygens (including phenoxy) is 1. The van der Waals surface area contributed by atoms with E-state index in [2.05, 4.69) is 15.4 Å². The van der Waals surface area contributed by atoms with Crippen LogP contribution in [0.15, 0.2) is 48.5 Å². The molecular weight excluding hydrogens is 376 g/mol. The van der Waals surface area contributed by atoms with E-state index in [0.29, 0.717) is 28.7 Å². The Labute approximate surface area is 156 Å². The minimum Gasteiger partial charge on any atom is -0.497 e. The second-order valence-electron chi connectivity index (χ2n) is 5.57. The van der Waals surface area contributed by atoms with Crippen LogP contribution in [0.3, 0.4) is 0 Å². The fraction of sp³-hybridized carbons (Fsp3) is 0.176. The molecule has 0 amide bonds. The smallest absolute Gasteiger partial charge is 0.254 e. The van der Waals surface area contributed by atoms with Crippen LogP contribution in [0.4, 0.5) is 5.95 Å². The van der Waals surface area contributed by atoms with Gasteiger partial charge in [-0.2, -0.15) is 4.98 Å². The molecule has 2 aromatic carbocycles. The molecule has 0 bridgehead atoms. The van der Waals surface area contributed by atoms with Crippen molar-refractivity contribution in [3.05, 3.63) is 59.1 Å². The average Bonchev–Trinajstić information content (AvgIpc) is 3.06. The number of methoxy groups -OCH3 is 1. The second-order valence-corrected chi connectivity index (χ2v) is 7.82. The summed E-state index contributed by atoms with van der Waals surface area (Å²) in [7, 11) is -2.04. The number of aromatic nitrogens is 3.